The molecule has 3 aromatic rings. The molecule has 0 radical (unpaired) electrons. The summed E-state index contributed by atoms with van der Waals surface area (Å²) in [7, 11) is -2.22. The molecule has 0 bridgehead atoms. The Morgan fingerprint density at radius 2 is 1.67 bits per heavy atom. The number of benzene rings is 2. The van der Waals surface area contributed by atoms with Gasteiger partial charge in [-0.1, -0.05) is 35.9 Å². The second-order valence-corrected chi connectivity index (χ2v) is 6.61. The van der Waals surface area contributed by atoms with Gasteiger partial charge in [0.25, 0.3) is 10.0 Å². The number of rotatable bonds is 3. The highest BCUT2D eigenvalue weighted by Gasteiger charge is 2.23. The van der Waals surface area contributed by atoms with Crippen LogP contribution in [0.5, 0.6) is 5.88 Å². The number of hydrogen-bond donors (Lipinski definition) is 0. The predicted octanol–water partition coefficient (Wildman–Crippen LogP) is 3.20. The number of nitrogens with zero attached hydrogens (tertiary/aromatic N) is 1. The largest absolute Gasteiger partial charge is 0.481 e. The maximum atomic E-state index is 12.9. The van der Waals surface area contributed by atoms with Crippen molar-refractivity contribution in [3.8, 4) is 5.88 Å². The maximum absolute atomic E-state index is 12.9. The van der Waals surface area contributed by atoms with Gasteiger partial charge >= 0.3 is 0 Å². The van der Waals surface area contributed by atoms with Gasteiger partial charge in [-0.2, -0.15) is 0 Å². The Morgan fingerprint density at radius 3 is 2.33 bits per heavy atom. The van der Waals surface area contributed by atoms with E-state index in [4.69, 9.17) is 4.74 Å². The molecule has 5 heteroatoms. The molecule has 0 saturated heterocycles. The second kappa shape index (κ2) is 4.93. The number of methoxy groups -OCH3 is 1. The summed E-state index contributed by atoms with van der Waals surface area (Å²) in [4.78, 5) is 0.243. The first kappa shape index (κ1) is 13.7. The van der Waals surface area contributed by atoms with Crippen LogP contribution in [0.2, 0.25) is 0 Å². The molecule has 0 fully saturated rings. The van der Waals surface area contributed by atoms with Crippen LogP contribution >= 0.6 is 0 Å². The van der Waals surface area contributed by atoms with Crippen molar-refractivity contribution in [2.45, 2.75) is 11.8 Å². The average molecular weight is 301 g/mol. The SMILES string of the molecule is COc1cc2ccccc2n1S(=O)(=O)c1ccc(C)cc1. The quantitative estimate of drug-likeness (QED) is 0.746. The lowest BCUT2D eigenvalue weighted by atomic mass is 10.2. The van der Waals surface area contributed by atoms with Crippen LogP contribution in [0, 0.1) is 6.92 Å². The maximum Gasteiger partial charge on any atom is 0.271 e. The van der Waals surface area contributed by atoms with Gasteiger partial charge in [0.1, 0.15) is 0 Å². The van der Waals surface area contributed by atoms with Gasteiger partial charge in [-0.25, -0.2) is 12.4 Å². The van der Waals surface area contributed by atoms with Gasteiger partial charge in [0, 0.05) is 11.5 Å². The van der Waals surface area contributed by atoms with Gasteiger partial charge in [-0.3, -0.25) is 0 Å². The molecule has 108 valence electrons. The smallest absolute Gasteiger partial charge is 0.271 e. The number of fused-ring (bicyclic) bond motifs is 1. The highest BCUT2D eigenvalue weighted by molar-refractivity contribution is 7.90. The van der Waals surface area contributed by atoms with E-state index in [0.717, 1.165) is 10.9 Å². The monoisotopic (exact) mass is 301 g/mol. The molecular weight excluding hydrogens is 286 g/mol. The Hall–Kier alpha value is -2.27. The molecule has 0 aliphatic heterocycles. The van der Waals surface area contributed by atoms with Gasteiger partial charge in [0.15, 0.2) is 0 Å². The van der Waals surface area contributed by atoms with E-state index in [-0.39, 0.29) is 4.90 Å². The normalized spacial score (nSPS) is 11.7. The van der Waals surface area contributed by atoms with Crippen molar-refractivity contribution in [3.63, 3.8) is 0 Å². The van der Waals surface area contributed by atoms with Gasteiger partial charge in [-0.05, 0) is 25.1 Å². The van der Waals surface area contributed by atoms with Crippen molar-refractivity contribution >= 4 is 20.9 Å². The van der Waals surface area contributed by atoms with Crippen LogP contribution < -0.4 is 4.74 Å². The standard InChI is InChI=1S/C16H15NO3S/c1-12-7-9-14(10-8-12)21(18,19)17-15-6-4-3-5-13(15)11-16(17)20-2/h3-11H,1-2H3. The van der Waals surface area contributed by atoms with E-state index in [1.807, 2.05) is 25.1 Å². The lowest BCUT2D eigenvalue weighted by Gasteiger charge is -2.11. The fourth-order valence-corrected chi connectivity index (χ4v) is 3.79. The average Bonchev–Trinajstić information content (AvgIpc) is 2.87. The molecule has 0 atom stereocenters. The van der Waals surface area contributed by atoms with E-state index >= 15 is 0 Å². The third-order valence-corrected chi connectivity index (χ3v) is 5.13. The highest BCUT2D eigenvalue weighted by Crippen LogP contribution is 2.30. The molecule has 0 saturated carbocycles. The summed E-state index contributed by atoms with van der Waals surface area (Å²) in [6.07, 6.45) is 0. The molecule has 2 aromatic carbocycles. The van der Waals surface area contributed by atoms with E-state index in [1.165, 1.54) is 11.1 Å². The number of hydrogen-bond acceptors (Lipinski definition) is 3. The fraction of sp³-hybridized carbons (Fsp3) is 0.125. The lowest BCUT2D eigenvalue weighted by molar-refractivity contribution is 0.394. The number of para-hydroxylation sites is 1. The van der Waals surface area contributed by atoms with Crippen molar-refractivity contribution in [2.24, 2.45) is 0 Å². The summed E-state index contributed by atoms with van der Waals surface area (Å²) in [5.41, 5.74) is 1.62. The molecule has 1 heterocycles. The topological polar surface area (TPSA) is 48.3 Å². The van der Waals surface area contributed by atoms with Gasteiger partial charge in [0.2, 0.25) is 5.88 Å². The van der Waals surface area contributed by atoms with E-state index in [0.29, 0.717) is 11.4 Å². The Kier molecular flexibility index (Phi) is 3.22. The zero-order chi connectivity index (χ0) is 15.0. The van der Waals surface area contributed by atoms with E-state index in [1.54, 1.807) is 36.4 Å². The molecule has 4 nitrogen and oxygen atoms in total. The van der Waals surface area contributed by atoms with Crippen molar-refractivity contribution in [2.75, 3.05) is 7.11 Å². The number of aryl methyl sites for hydroxylation is 1. The molecule has 0 aliphatic carbocycles. The first-order valence-corrected chi connectivity index (χ1v) is 7.95. The summed E-state index contributed by atoms with van der Waals surface area (Å²) in [5.74, 6) is 0.303. The summed E-state index contributed by atoms with van der Waals surface area (Å²) < 4.78 is 32.3. The zero-order valence-corrected chi connectivity index (χ0v) is 12.6. The van der Waals surface area contributed by atoms with Gasteiger partial charge < -0.3 is 4.74 Å². The summed E-state index contributed by atoms with van der Waals surface area (Å²) in [6, 6.07) is 15.8. The molecule has 0 spiro atoms. The van der Waals surface area contributed by atoms with Crippen LogP contribution in [0.25, 0.3) is 10.9 Å². The molecule has 0 N–H and O–H groups in total. The summed E-state index contributed by atoms with van der Waals surface area (Å²) in [5, 5.41) is 0.824. The molecular formula is C16H15NO3S. The first-order chi connectivity index (χ1) is 10.0. The van der Waals surface area contributed by atoms with Crippen LogP contribution in [-0.4, -0.2) is 19.5 Å². The Labute approximate surface area is 123 Å². The van der Waals surface area contributed by atoms with Crippen LogP contribution in [0.4, 0.5) is 0 Å². The Balaban J connectivity index is 2.30. The van der Waals surface area contributed by atoms with Gasteiger partial charge in [0.05, 0.1) is 17.5 Å². The minimum absolute atomic E-state index is 0.243. The van der Waals surface area contributed by atoms with E-state index < -0.39 is 10.0 Å². The van der Waals surface area contributed by atoms with Gasteiger partial charge in [-0.15, -0.1) is 0 Å². The minimum Gasteiger partial charge on any atom is -0.481 e. The van der Waals surface area contributed by atoms with Crippen molar-refractivity contribution in [3.05, 3.63) is 60.2 Å². The Morgan fingerprint density at radius 1 is 1.00 bits per heavy atom. The van der Waals surface area contributed by atoms with Crippen molar-refractivity contribution in [1.82, 2.24) is 3.97 Å². The third kappa shape index (κ3) is 2.19. The number of aromatic nitrogens is 1. The van der Waals surface area contributed by atoms with E-state index in [2.05, 4.69) is 0 Å². The molecule has 0 aliphatic rings. The van der Waals surface area contributed by atoms with Crippen molar-refractivity contribution < 1.29 is 13.2 Å². The molecule has 1 aromatic heterocycles. The van der Waals surface area contributed by atoms with Crippen LogP contribution in [0.3, 0.4) is 0 Å². The summed E-state index contributed by atoms with van der Waals surface area (Å²) in [6.45, 7) is 1.92. The molecule has 0 unspecified atom stereocenters. The second-order valence-electron chi connectivity index (χ2n) is 4.83. The molecule has 21 heavy (non-hydrogen) atoms. The summed E-state index contributed by atoms with van der Waals surface area (Å²) >= 11 is 0. The minimum atomic E-state index is -3.69. The zero-order valence-electron chi connectivity index (χ0n) is 11.8. The molecule has 0 amide bonds. The van der Waals surface area contributed by atoms with Crippen LogP contribution in [-0.2, 0) is 10.0 Å². The first-order valence-electron chi connectivity index (χ1n) is 6.51. The van der Waals surface area contributed by atoms with E-state index in [9.17, 15) is 8.42 Å². The fourth-order valence-electron chi connectivity index (χ4n) is 2.31. The van der Waals surface area contributed by atoms with Crippen LogP contribution in [0.1, 0.15) is 5.56 Å². The third-order valence-electron chi connectivity index (χ3n) is 3.40. The van der Waals surface area contributed by atoms with Crippen LogP contribution in [0.15, 0.2) is 59.5 Å². The highest BCUT2D eigenvalue weighted by atomic mass is 32.2. The molecule has 3 rings (SSSR count). The number of ether oxygens (including phenoxy) is 1. The predicted molar refractivity (Wildman–Crippen MR) is 82.3 cm³/mol. The lowest BCUT2D eigenvalue weighted by Crippen LogP contribution is -2.13. The van der Waals surface area contributed by atoms with Crippen molar-refractivity contribution in [1.29, 1.82) is 0 Å². The Bertz CT molecular complexity index is 893.